The molecule has 1 amide bonds. The Kier molecular flexibility index (Phi) is 9.99. The number of aliphatic hydroxyl groups is 1. The zero-order valence-electron chi connectivity index (χ0n) is 26.3. The fraction of sp³-hybridized carbons (Fsp3) is 0.361. The number of sulfonamides is 1. The van der Waals surface area contributed by atoms with Gasteiger partial charge in [0.1, 0.15) is 11.5 Å². The monoisotopic (exact) mass is 630 g/mol. The summed E-state index contributed by atoms with van der Waals surface area (Å²) >= 11 is 0. The fourth-order valence-corrected chi connectivity index (χ4v) is 7.53. The van der Waals surface area contributed by atoms with Crippen molar-refractivity contribution >= 4 is 15.9 Å². The first-order chi connectivity index (χ1) is 21.6. The first-order valence-electron chi connectivity index (χ1n) is 15.3. The molecule has 0 saturated carbocycles. The van der Waals surface area contributed by atoms with E-state index >= 15 is 0 Å². The molecule has 0 radical (unpaired) electrons. The van der Waals surface area contributed by atoms with Gasteiger partial charge in [-0.2, -0.15) is 0 Å². The molecule has 5 rings (SSSR count). The number of nitrogens with one attached hydrogen (secondary N) is 1. The van der Waals surface area contributed by atoms with Crippen molar-refractivity contribution in [3.8, 4) is 11.5 Å². The summed E-state index contributed by atoms with van der Waals surface area (Å²) in [6.45, 7) is 4.21. The zero-order valence-corrected chi connectivity index (χ0v) is 27.1. The van der Waals surface area contributed by atoms with Crippen LogP contribution in [0.25, 0.3) is 0 Å². The van der Waals surface area contributed by atoms with E-state index < -0.39 is 28.0 Å². The highest BCUT2D eigenvalue weighted by Crippen LogP contribution is 2.39. The number of carbonyl (C=O) groups is 1. The summed E-state index contributed by atoms with van der Waals surface area (Å²) in [5.74, 6) is 0.508. The van der Waals surface area contributed by atoms with E-state index in [1.54, 1.807) is 39.3 Å². The molecule has 3 atom stereocenters. The lowest BCUT2D eigenvalue weighted by molar-refractivity contribution is -0.122. The van der Waals surface area contributed by atoms with Crippen LogP contribution in [0.15, 0.2) is 90.1 Å². The van der Waals surface area contributed by atoms with E-state index in [0.717, 1.165) is 36.0 Å². The first-order valence-corrected chi connectivity index (χ1v) is 16.8. The van der Waals surface area contributed by atoms with Crippen LogP contribution in [-0.4, -0.2) is 38.2 Å². The van der Waals surface area contributed by atoms with Gasteiger partial charge in [0.05, 0.1) is 25.2 Å². The number of rotatable bonds is 13. The van der Waals surface area contributed by atoms with Crippen LogP contribution in [0.5, 0.6) is 11.5 Å². The van der Waals surface area contributed by atoms with Crippen molar-refractivity contribution in [2.75, 3.05) is 14.2 Å². The number of fused-ring (bicyclic) bond motifs is 1. The van der Waals surface area contributed by atoms with Crippen molar-refractivity contribution in [3.05, 3.63) is 113 Å². The predicted molar refractivity (Wildman–Crippen MR) is 174 cm³/mol. The lowest BCUT2D eigenvalue weighted by Gasteiger charge is -2.27. The third kappa shape index (κ3) is 7.60. The molecule has 238 valence electrons. The maximum absolute atomic E-state index is 12.8. The van der Waals surface area contributed by atoms with E-state index in [1.807, 2.05) is 37.5 Å². The van der Waals surface area contributed by atoms with Gasteiger partial charge in [0.15, 0.2) is 0 Å². The molecule has 0 fully saturated rings. The minimum Gasteiger partial charge on any atom is -0.496 e. The Balaban J connectivity index is 1.32. The van der Waals surface area contributed by atoms with E-state index in [2.05, 4.69) is 33.6 Å². The first kappa shape index (κ1) is 32.3. The topological polar surface area (TPSA) is 107 Å². The summed E-state index contributed by atoms with van der Waals surface area (Å²) in [4.78, 5) is 12.9. The van der Waals surface area contributed by atoms with Gasteiger partial charge in [0.25, 0.3) is 10.0 Å². The standard InChI is InChI=1S/C36H42N2O6S/c1-24(36(40)37-45(41,42)32-12-6-5-7-13-32)16-26-14-15-38(22-26)23-31(19-27-17-28-10-8-9-11-29(28)18-27)35(39)30-20-33(43-3)25(2)34(21-30)44-4/h5-15,20-22,24,27,31,35,39H,16-19,23H2,1-4H3,(H,37,40)/t24?,31-,35+/m0/s1. The maximum Gasteiger partial charge on any atom is 0.264 e. The minimum atomic E-state index is -3.94. The molecular weight excluding hydrogens is 588 g/mol. The Hall–Kier alpha value is -4.08. The predicted octanol–water partition coefficient (Wildman–Crippen LogP) is 5.65. The lowest BCUT2D eigenvalue weighted by atomic mass is 9.85. The second-order valence-electron chi connectivity index (χ2n) is 12.1. The van der Waals surface area contributed by atoms with E-state index in [-0.39, 0.29) is 10.8 Å². The van der Waals surface area contributed by atoms with Crippen LogP contribution in [0.2, 0.25) is 0 Å². The Morgan fingerprint density at radius 1 is 0.978 bits per heavy atom. The Morgan fingerprint density at radius 3 is 2.18 bits per heavy atom. The Morgan fingerprint density at radius 2 is 1.58 bits per heavy atom. The van der Waals surface area contributed by atoms with E-state index in [9.17, 15) is 18.3 Å². The Labute approximate surface area is 266 Å². The molecule has 45 heavy (non-hydrogen) atoms. The summed E-state index contributed by atoms with van der Waals surface area (Å²) in [5, 5.41) is 11.8. The average molecular weight is 631 g/mol. The molecule has 1 aliphatic rings. The molecule has 0 aliphatic heterocycles. The van der Waals surface area contributed by atoms with Crippen LogP contribution < -0.4 is 14.2 Å². The lowest BCUT2D eigenvalue weighted by Crippen LogP contribution is -2.35. The van der Waals surface area contributed by atoms with Gasteiger partial charge in [-0.1, -0.05) is 49.4 Å². The van der Waals surface area contributed by atoms with E-state index in [0.29, 0.717) is 30.4 Å². The number of aliphatic hydroxyl groups excluding tert-OH is 1. The van der Waals surface area contributed by atoms with Gasteiger partial charge in [-0.25, -0.2) is 13.1 Å². The van der Waals surface area contributed by atoms with Crippen LogP contribution in [-0.2, 0) is 40.6 Å². The van der Waals surface area contributed by atoms with Gasteiger partial charge in [-0.3, -0.25) is 4.79 Å². The van der Waals surface area contributed by atoms with Crippen LogP contribution in [0.4, 0.5) is 0 Å². The minimum absolute atomic E-state index is 0.0514. The highest BCUT2D eigenvalue weighted by atomic mass is 32.2. The number of hydrogen-bond donors (Lipinski definition) is 2. The molecule has 1 unspecified atom stereocenters. The number of hydrogen-bond acceptors (Lipinski definition) is 6. The highest BCUT2D eigenvalue weighted by molar-refractivity contribution is 7.90. The van der Waals surface area contributed by atoms with E-state index in [1.165, 1.54) is 23.3 Å². The zero-order chi connectivity index (χ0) is 32.1. The molecule has 2 N–H and O–H groups in total. The fourth-order valence-electron chi connectivity index (χ4n) is 6.43. The van der Waals surface area contributed by atoms with Gasteiger partial charge in [0, 0.05) is 36.3 Å². The van der Waals surface area contributed by atoms with Crippen molar-refractivity contribution in [1.29, 1.82) is 0 Å². The normalized spacial score (nSPS) is 15.2. The summed E-state index contributed by atoms with van der Waals surface area (Å²) in [7, 11) is -0.706. The molecule has 1 heterocycles. The van der Waals surface area contributed by atoms with Gasteiger partial charge >= 0.3 is 0 Å². The SMILES string of the molecule is COc1cc([C@@H](O)[C@@H](CC2Cc3ccccc3C2)Cn2ccc(CC(C)C(=O)NS(=O)(=O)c3ccccc3)c2)cc(OC)c1C. The molecule has 1 aromatic heterocycles. The number of nitrogens with zero attached hydrogens (tertiary/aromatic N) is 1. The van der Waals surface area contributed by atoms with Crippen LogP contribution in [0, 0.1) is 24.7 Å². The number of aromatic nitrogens is 1. The number of amides is 1. The molecule has 0 spiro atoms. The third-order valence-corrected chi connectivity index (χ3v) is 10.2. The molecule has 3 aromatic carbocycles. The molecule has 1 aliphatic carbocycles. The van der Waals surface area contributed by atoms with Crippen molar-refractivity contribution in [2.45, 2.75) is 57.1 Å². The molecule has 0 saturated heterocycles. The largest absolute Gasteiger partial charge is 0.496 e. The number of methoxy groups -OCH3 is 2. The van der Waals surface area contributed by atoms with E-state index in [4.69, 9.17) is 9.47 Å². The average Bonchev–Trinajstić information content (AvgIpc) is 3.66. The van der Waals surface area contributed by atoms with Crippen molar-refractivity contribution < 1.29 is 27.8 Å². The molecule has 0 bridgehead atoms. The summed E-state index contributed by atoms with van der Waals surface area (Å²) < 4.78 is 40.8. The van der Waals surface area contributed by atoms with Gasteiger partial charge in [-0.05, 0) is 91.1 Å². The summed E-state index contributed by atoms with van der Waals surface area (Å²) in [5.41, 5.74) is 5.28. The summed E-state index contributed by atoms with van der Waals surface area (Å²) in [6.07, 6.45) is 6.33. The second-order valence-corrected chi connectivity index (χ2v) is 13.8. The quantitative estimate of drug-likeness (QED) is 0.198. The van der Waals surface area contributed by atoms with Gasteiger partial charge in [-0.15, -0.1) is 0 Å². The van der Waals surface area contributed by atoms with Gasteiger partial charge in [0.2, 0.25) is 5.91 Å². The smallest absolute Gasteiger partial charge is 0.264 e. The van der Waals surface area contributed by atoms with Crippen LogP contribution >= 0.6 is 0 Å². The van der Waals surface area contributed by atoms with Crippen molar-refractivity contribution in [1.82, 2.24) is 9.29 Å². The maximum atomic E-state index is 12.8. The highest BCUT2D eigenvalue weighted by Gasteiger charge is 2.30. The molecule has 4 aromatic rings. The molecule has 9 heteroatoms. The molecule has 8 nitrogen and oxygen atoms in total. The second kappa shape index (κ2) is 13.9. The van der Waals surface area contributed by atoms with Crippen molar-refractivity contribution in [2.24, 2.45) is 17.8 Å². The third-order valence-electron chi connectivity index (χ3n) is 8.87. The van der Waals surface area contributed by atoms with Crippen LogP contribution in [0.3, 0.4) is 0 Å². The van der Waals surface area contributed by atoms with Gasteiger partial charge < -0.3 is 19.1 Å². The number of ether oxygens (including phenoxy) is 2. The number of benzene rings is 3. The van der Waals surface area contributed by atoms with Crippen molar-refractivity contribution in [3.63, 3.8) is 0 Å². The number of carbonyl (C=O) groups excluding carboxylic acids is 1. The summed E-state index contributed by atoms with van der Waals surface area (Å²) in [6, 6.07) is 22.1. The molecular formula is C36H42N2O6S. The van der Waals surface area contributed by atoms with Crippen LogP contribution in [0.1, 0.15) is 47.3 Å². The Bertz CT molecular complexity index is 1680.